The molecule has 4 rings (SSSR count). The SMILES string of the molecule is COc1ccc(CN2C[C@@H]3CNC(=O)[C@@H]3C2)cc1OCc1ccccc1F. The fraction of sp³-hybridized carbons (Fsp3) is 0.381. The van der Waals surface area contributed by atoms with Crippen molar-refractivity contribution in [2.45, 2.75) is 13.2 Å². The molecule has 2 heterocycles. The standard InChI is InChI=1S/C21H23FN2O3/c1-26-19-7-6-14(10-24-11-16-9-23-21(25)17(16)12-24)8-20(19)27-13-15-4-2-3-5-18(15)22/h2-8,16-17H,9-13H2,1H3,(H,23,25)/t16-,17+/m0/s1. The summed E-state index contributed by atoms with van der Waals surface area (Å²) in [5, 5.41) is 2.93. The fourth-order valence-corrected chi connectivity index (χ4v) is 3.92. The molecule has 6 heteroatoms. The highest BCUT2D eigenvalue weighted by atomic mass is 19.1. The summed E-state index contributed by atoms with van der Waals surface area (Å²) in [4.78, 5) is 14.1. The lowest BCUT2D eigenvalue weighted by molar-refractivity contribution is -0.122. The van der Waals surface area contributed by atoms with Crippen molar-refractivity contribution in [3.63, 3.8) is 0 Å². The molecule has 2 aromatic rings. The zero-order chi connectivity index (χ0) is 18.8. The first-order valence-corrected chi connectivity index (χ1v) is 9.17. The number of ether oxygens (including phenoxy) is 2. The molecule has 142 valence electrons. The van der Waals surface area contributed by atoms with Gasteiger partial charge in [-0.1, -0.05) is 24.3 Å². The van der Waals surface area contributed by atoms with Gasteiger partial charge in [-0.25, -0.2) is 4.39 Å². The number of halogens is 1. The monoisotopic (exact) mass is 370 g/mol. The maximum atomic E-state index is 13.8. The van der Waals surface area contributed by atoms with Crippen LogP contribution in [0.15, 0.2) is 42.5 Å². The van der Waals surface area contributed by atoms with Crippen molar-refractivity contribution in [2.24, 2.45) is 11.8 Å². The van der Waals surface area contributed by atoms with Crippen LogP contribution >= 0.6 is 0 Å². The Labute approximate surface area is 158 Å². The summed E-state index contributed by atoms with van der Waals surface area (Å²) in [6, 6.07) is 12.4. The zero-order valence-corrected chi connectivity index (χ0v) is 15.3. The summed E-state index contributed by atoms with van der Waals surface area (Å²) in [5.41, 5.74) is 1.59. The van der Waals surface area contributed by atoms with Crippen LogP contribution in [0, 0.1) is 17.7 Å². The minimum Gasteiger partial charge on any atom is -0.493 e. The molecule has 2 saturated heterocycles. The first-order valence-electron chi connectivity index (χ1n) is 9.17. The Kier molecular flexibility index (Phi) is 4.99. The highest BCUT2D eigenvalue weighted by Crippen LogP contribution is 2.32. The van der Waals surface area contributed by atoms with Crippen LogP contribution in [0.5, 0.6) is 11.5 Å². The number of rotatable bonds is 6. The highest BCUT2D eigenvalue weighted by molar-refractivity contribution is 5.81. The van der Waals surface area contributed by atoms with E-state index >= 15 is 0 Å². The summed E-state index contributed by atoms with van der Waals surface area (Å²) in [7, 11) is 1.59. The number of nitrogens with one attached hydrogen (secondary N) is 1. The molecule has 2 aromatic carbocycles. The van der Waals surface area contributed by atoms with Crippen LogP contribution in [0.4, 0.5) is 4.39 Å². The van der Waals surface area contributed by atoms with Gasteiger partial charge in [0.25, 0.3) is 0 Å². The van der Waals surface area contributed by atoms with Crippen molar-refractivity contribution in [1.29, 1.82) is 0 Å². The maximum absolute atomic E-state index is 13.8. The Bertz CT molecular complexity index is 842. The number of hydrogen-bond donors (Lipinski definition) is 1. The molecule has 0 aromatic heterocycles. The van der Waals surface area contributed by atoms with E-state index in [1.807, 2.05) is 18.2 Å². The van der Waals surface area contributed by atoms with E-state index in [1.54, 1.807) is 25.3 Å². The molecule has 0 spiro atoms. The summed E-state index contributed by atoms with van der Waals surface area (Å²) in [6.07, 6.45) is 0. The Balaban J connectivity index is 1.44. The van der Waals surface area contributed by atoms with Crippen molar-refractivity contribution in [3.05, 3.63) is 59.4 Å². The van der Waals surface area contributed by atoms with Gasteiger partial charge < -0.3 is 14.8 Å². The number of hydrogen-bond acceptors (Lipinski definition) is 4. The molecule has 5 nitrogen and oxygen atoms in total. The van der Waals surface area contributed by atoms with Crippen LogP contribution < -0.4 is 14.8 Å². The molecule has 0 radical (unpaired) electrons. The summed E-state index contributed by atoms with van der Waals surface area (Å²) >= 11 is 0. The lowest BCUT2D eigenvalue weighted by atomic mass is 10.0. The van der Waals surface area contributed by atoms with E-state index in [9.17, 15) is 9.18 Å². The first-order chi connectivity index (χ1) is 13.1. The predicted molar refractivity (Wildman–Crippen MR) is 99.0 cm³/mol. The molecule has 1 amide bonds. The first kappa shape index (κ1) is 17.8. The van der Waals surface area contributed by atoms with Crippen molar-refractivity contribution >= 4 is 5.91 Å². The second-order valence-corrected chi connectivity index (χ2v) is 7.17. The van der Waals surface area contributed by atoms with E-state index in [1.165, 1.54) is 6.07 Å². The average molecular weight is 370 g/mol. The van der Waals surface area contributed by atoms with E-state index in [0.29, 0.717) is 23.0 Å². The molecule has 0 bridgehead atoms. The smallest absolute Gasteiger partial charge is 0.224 e. The summed E-state index contributed by atoms with van der Waals surface area (Å²) in [6.45, 7) is 3.37. The molecule has 0 aliphatic carbocycles. The number of benzene rings is 2. The maximum Gasteiger partial charge on any atom is 0.224 e. The molecule has 2 atom stereocenters. The van der Waals surface area contributed by atoms with E-state index in [4.69, 9.17) is 9.47 Å². The van der Waals surface area contributed by atoms with Gasteiger partial charge in [0.15, 0.2) is 11.5 Å². The minimum absolute atomic E-state index is 0.111. The summed E-state index contributed by atoms with van der Waals surface area (Å²) in [5.74, 6) is 1.62. The van der Waals surface area contributed by atoms with Crippen LogP contribution in [0.1, 0.15) is 11.1 Å². The van der Waals surface area contributed by atoms with E-state index < -0.39 is 0 Å². The van der Waals surface area contributed by atoms with Crippen LogP contribution in [0.3, 0.4) is 0 Å². The average Bonchev–Trinajstić information content (AvgIpc) is 3.22. The number of methoxy groups -OCH3 is 1. The number of carbonyl (C=O) groups excluding carboxylic acids is 1. The number of amides is 1. The Morgan fingerprint density at radius 3 is 2.81 bits per heavy atom. The van der Waals surface area contributed by atoms with Crippen molar-refractivity contribution in [2.75, 3.05) is 26.7 Å². The third-order valence-electron chi connectivity index (χ3n) is 5.37. The Morgan fingerprint density at radius 2 is 2.04 bits per heavy atom. The van der Waals surface area contributed by atoms with Crippen LogP contribution in [0.2, 0.25) is 0 Å². The van der Waals surface area contributed by atoms with Gasteiger partial charge in [-0.05, 0) is 23.8 Å². The summed E-state index contributed by atoms with van der Waals surface area (Å²) < 4.78 is 25.0. The molecule has 2 aliphatic rings. The van der Waals surface area contributed by atoms with Gasteiger partial charge in [0.05, 0.1) is 13.0 Å². The highest BCUT2D eigenvalue weighted by Gasteiger charge is 2.41. The van der Waals surface area contributed by atoms with Crippen LogP contribution in [-0.2, 0) is 17.9 Å². The predicted octanol–water partition coefficient (Wildman–Crippen LogP) is 2.59. The van der Waals surface area contributed by atoms with Gasteiger partial charge in [0, 0.05) is 37.7 Å². The third-order valence-corrected chi connectivity index (χ3v) is 5.37. The zero-order valence-electron chi connectivity index (χ0n) is 15.3. The van der Waals surface area contributed by atoms with Gasteiger partial charge in [-0.3, -0.25) is 9.69 Å². The second kappa shape index (κ2) is 7.56. The molecule has 0 unspecified atom stereocenters. The van der Waals surface area contributed by atoms with Gasteiger partial charge in [-0.2, -0.15) is 0 Å². The number of fused-ring (bicyclic) bond motifs is 1. The van der Waals surface area contributed by atoms with Crippen molar-refractivity contribution in [1.82, 2.24) is 10.2 Å². The van der Waals surface area contributed by atoms with Gasteiger partial charge in [-0.15, -0.1) is 0 Å². The lowest BCUT2D eigenvalue weighted by Gasteiger charge is -2.18. The van der Waals surface area contributed by atoms with Crippen molar-refractivity contribution < 1.29 is 18.7 Å². The van der Waals surface area contributed by atoms with E-state index in [2.05, 4.69) is 10.2 Å². The molecule has 0 saturated carbocycles. The molecule has 27 heavy (non-hydrogen) atoms. The van der Waals surface area contributed by atoms with Gasteiger partial charge in [0.1, 0.15) is 12.4 Å². The number of nitrogens with zero attached hydrogens (tertiary/aromatic N) is 1. The molecular weight excluding hydrogens is 347 g/mol. The van der Waals surface area contributed by atoms with Crippen LogP contribution in [-0.4, -0.2) is 37.6 Å². The number of carbonyl (C=O) groups is 1. The molecule has 2 fully saturated rings. The normalized spacial score (nSPS) is 21.8. The topological polar surface area (TPSA) is 50.8 Å². The van der Waals surface area contributed by atoms with E-state index in [0.717, 1.165) is 31.7 Å². The quantitative estimate of drug-likeness (QED) is 0.849. The van der Waals surface area contributed by atoms with E-state index in [-0.39, 0.29) is 24.2 Å². The second-order valence-electron chi connectivity index (χ2n) is 7.17. The minimum atomic E-state index is -0.283. The van der Waals surface area contributed by atoms with Gasteiger partial charge in [0.2, 0.25) is 5.91 Å². The Morgan fingerprint density at radius 1 is 1.19 bits per heavy atom. The van der Waals surface area contributed by atoms with Crippen molar-refractivity contribution in [3.8, 4) is 11.5 Å². The number of likely N-dealkylation sites (tertiary alicyclic amines) is 1. The Hall–Kier alpha value is -2.60. The molecular formula is C21H23FN2O3. The molecule has 2 aliphatic heterocycles. The largest absolute Gasteiger partial charge is 0.493 e. The lowest BCUT2D eigenvalue weighted by Crippen LogP contribution is -2.28. The molecule has 1 N–H and O–H groups in total. The fourth-order valence-electron chi connectivity index (χ4n) is 3.92. The van der Waals surface area contributed by atoms with Gasteiger partial charge >= 0.3 is 0 Å². The third kappa shape index (κ3) is 3.76. The van der Waals surface area contributed by atoms with Crippen LogP contribution in [0.25, 0.3) is 0 Å².